The number of nitriles is 1. The van der Waals surface area contributed by atoms with Crippen LogP contribution >= 0.6 is 0 Å². The van der Waals surface area contributed by atoms with Crippen LogP contribution in [0, 0.1) is 11.3 Å². The Morgan fingerprint density at radius 1 is 1.18 bits per heavy atom. The Balaban J connectivity index is 1.43. The Labute approximate surface area is 163 Å². The maximum absolute atomic E-state index is 12.6. The lowest BCUT2D eigenvalue weighted by atomic mass is 9.96. The summed E-state index contributed by atoms with van der Waals surface area (Å²) in [7, 11) is 0. The summed E-state index contributed by atoms with van der Waals surface area (Å²) in [5.74, 6) is 0.433. The standard InChI is InChI=1S/C22H20N4O2/c23-13-15-5-3-6-16(11-15)14-28-18-8-4-7-17(12-18)24-22(27)21-19-9-1-2-10-20(19)25-26-21/h3-8,11-12H,1-2,9-10,14H2,(H,24,27)(H,25,26). The van der Waals surface area contributed by atoms with Crippen LogP contribution in [0.2, 0.25) is 0 Å². The second-order valence-corrected chi connectivity index (χ2v) is 6.82. The maximum Gasteiger partial charge on any atom is 0.276 e. The van der Waals surface area contributed by atoms with Crippen molar-refractivity contribution in [1.29, 1.82) is 5.26 Å². The quantitative estimate of drug-likeness (QED) is 0.708. The molecule has 140 valence electrons. The minimum atomic E-state index is -0.210. The molecule has 0 saturated heterocycles. The van der Waals surface area contributed by atoms with Crippen LogP contribution in [0.25, 0.3) is 0 Å². The number of aromatic nitrogens is 2. The highest BCUT2D eigenvalue weighted by Crippen LogP contribution is 2.24. The van der Waals surface area contributed by atoms with Gasteiger partial charge in [-0.1, -0.05) is 18.2 Å². The monoisotopic (exact) mass is 372 g/mol. The first-order chi connectivity index (χ1) is 13.7. The highest BCUT2D eigenvalue weighted by Gasteiger charge is 2.21. The number of rotatable bonds is 5. The lowest BCUT2D eigenvalue weighted by molar-refractivity contribution is 0.102. The van der Waals surface area contributed by atoms with Crippen LogP contribution in [0.15, 0.2) is 48.5 Å². The SMILES string of the molecule is N#Cc1cccc(COc2cccc(NC(=O)c3n[nH]c4c3CCCC4)c2)c1. The van der Waals surface area contributed by atoms with Crippen molar-refractivity contribution in [1.82, 2.24) is 10.2 Å². The number of nitrogens with one attached hydrogen (secondary N) is 2. The van der Waals surface area contributed by atoms with Gasteiger partial charge in [0.2, 0.25) is 0 Å². The Morgan fingerprint density at radius 2 is 2.04 bits per heavy atom. The van der Waals surface area contributed by atoms with Crippen molar-refractivity contribution in [2.45, 2.75) is 32.3 Å². The second-order valence-electron chi connectivity index (χ2n) is 6.82. The van der Waals surface area contributed by atoms with E-state index in [4.69, 9.17) is 10.00 Å². The summed E-state index contributed by atoms with van der Waals surface area (Å²) in [6.45, 7) is 0.347. The molecule has 1 aliphatic rings. The number of anilines is 1. The summed E-state index contributed by atoms with van der Waals surface area (Å²) in [6.07, 6.45) is 4.06. The zero-order valence-electron chi connectivity index (χ0n) is 15.4. The average molecular weight is 372 g/mol. The van der Waals surface area contributed by atoms with Crippen molar-refractivity contribution in [3.8, 4) is 11.8 Å². The molecule has 1 amide bonds. The van der Waals surface area contributed by atoms with Gasteiger partial charge in [0, 0.05) is 23.0 Å². The molecule has 4 rings (SSSR count). The molecule has 6 nitrogen and oxygen atoms in total. The van der Waals surface area contributed by atoms with Gasteiger partial charge in [-0.3, -0.25) is 9.89 Å². The lowest BCUT2D eigenvalue weighted by Gasteiger charge is -2.12. The van der Waals surface area contributed by atoms with Gasteiger partial charge in [0.25, 0.3) is 5.91 Å². The molecule has 1 heterocycles. The van der Waals surface area contributed by atoms with Crippen molar-refractivity contribution in [3.63, 3.8) is 0 Å². The highest BCUT2D eigenvalue weighted by atomic mass is 16.5. The zero-order valence-corrected chi connectivity index (χ0v) is 15.4. The van der Waals surface area contributed by atoms with Crippen LogP contribution in [0.5, 0.6) is 5.75 Å². The Bertz CT molecular complexity index is 1050. The van der Waals surface area contributed by atoms with Gasteiger partial charge >= 0.3 is 0 Å². The number of carbonyl (C=O) groups excluding carboxylic acids is 1. The normalized spacial score (nSPS) is 12.7. The summed E-state index contributed by atoms with van der Waals surface area (Å²) in [5, 5.41) is 19.1. The number of hydrogen-bond donors (Lipinski definition) is 2. The van der Waals surface area contributed by atoms with E-state index in [0.717, 1.165) is 42.5 Å². The van der Waals surface area contributed by atoms with E-state index < -0.39 is 0 Å². The first kappa shape index (κ1) is 17.8. The maximum atomic E-state index is 12.6. The molecule has 0 unspecified atom stereocenters. The molecule has 0 spiro atoms. The van der Waals surface area contributed by atoms with Gasteiger partial charge in [0.1, 0.15) is 12.4 Å². The van der Waals surface area contributed by atoms with E-state index in [2.05, 4.69) is 21.6 Å². The Hall–Kier alpha value is -3.59. The van der Waals surface area contributed by atoms with Crippen molar-refractivity contribution >= 4 is 11.6 Å². The van der Waals surface area contributed by atoms with Crippen molar-refractivity contribution < 1.29 is 9.53 Å². The smallest absolute Gasteiger partial charge is 0.276 e. The highest BCUT2D eigenvalue weighted by molar-refractivity contribution is 6.04. The molecule has 0 bridgehead atoms. The number of nitrogens with zero attached hydrogens (tertiary/aromatic N) is 2. The van der Waals surface area contributed by atoms with Crippen molar-refractivity contribution in [3.05, 3.63) is 76.6 Å². The van der Waals surface area contributed by atoms with E-state index >= 15 is 0 Å². The van der Waals surface area contributed by atoms with Crippen LogP contribution in [0.3, 0.4) is 0 Å². The van der Waals surface area contributed by atoms with Gasteiger partial charge in [-0.25, -0.2) is 0 Å². The molecule has 0 aliphatic heterocycles. The van der Waals surface area contributed by atoms with Crippen LogP contribution in [-0.4, -0.2) is 16.1 Å². The van der Waals surface area contributed by atoms with E-state index in [0.29, 0.717) is 29.3 Å². The van der Waals surface area contributed by atoms with Gasteiger partial charge < -0.3 is 10.1 Å². The Morgan fingerprint density at radius 3 is 2.93 bits per heavy atom. The molecule has 0 radical (unpaired) electrons. The first-order valence-electron chi connectivity index (χ1n) is 9.32. The average Bonchev–Trinajstić information content (AvgIpc) is 3.17. The fraction of sp³-hybridized carbons (Fsp3) is 0.227. The number of aryl methyl sites for hydroxylation is 1. The fourth-order valence-electron chi connectivity index (χ4n) is 3.42. The van der Waals surface area contributed by atoms with Gasteiger partial charge in [-0.15, -0.1) is 0 Å². The number of carbonyl (C=O) groups is 1. The molecule has 0 atom stereocenters. The number of fused-ring (bicyclic) bond motifs is 1. The van der Waals surface area contributed by atoms with E-state index in [9.17, 15) is 4.79 Å². The third kappa shape index (κ3) is 3.89. The van der Waals surface area contributed by atoms with Crippen LogP contribution in [0.1, 0.15) is 45.7 Å². The van der Waals surface area contributed by atoms with E-state index in [1.807, 2.05) is 30.3 Å². The second kappa shape index (κ2) is 7.97. The third-order valence-corrected chi connectivity index (χ3v) is 4.82. The van der Waals surface area contributed by atoms with Crippen molar-refractivity contribution in [2.24, 2.45) is 0 Å². The summed E-state index contributed by atoms with van der Waals surface area (Å²) in [5.41, 5.74) is 4.76. The Kier molecular flexibility index (Phi) is 5.07. The summed E-state index contributed by atoms with van der Waals surface area (Å²) in [4.78, 5) is 12.6. The molecule has 0 saturated carbocycles. The van der Waals surface area contributed by atoms with Crippen LogP contribution in [-0.2, 0) is 19.4 Å². The molecular formula is C22H20N4O2. The molecule has 6 heteroatoms. The third-order valence-electron chi connectivity index (χ3n) is 4.82. The molecule has 2 N–H and O–H groups in total. The molecule has 3 aromatic rings. The minimum Gasteiger partial charge on any atom is -0.489 e. The van der Waals surface area contributed by atoms with Gasteiger partial charge in [-0.05, 0) is 55.5 Å². The van der Waals surface area contributed by atoms with E-state index in [1.165, 1.54) is 0 Å². The van der Waals surface area contributed by atoms with Gasteiger partial charge in [0.05, 0.1) is 11.6 Å². The number of hydrogen-bond acceptors (Lipinski definition) is 4. The number of H-pyrrole nitrogens is 1. The number of aromatic amines is 1. The largest absolute Gasteiger partial charge is 0.489 e. The minimum absolute atomic E-state index is 0.210. The summed E-state index contributed by atoms with van der Waals surface area (Å²) >= 11 is 0. The predicted octanol–water partition coefficient (Wildman–Crippen LogP) is 3.99. The molecular weight excluding hydrogens is 352 g/mol. The molecule has 0 fully saturated rings. The number of benzene rings is 2. The number of amides is 1. The topological polar surface area (TPSA) is 90.8 Å². The molecule has 1 aromatic heterocycles. The summed E-state index contributed by atoms with van der Waals surface area (Å²) in [6, 6.07) is 16.7. The number of ether oxygens (including phenoxy) is 1. The molecule has 2 aromatic carbocycles. The molecule has 1 aliphatic carbocycles. The lowest BCUT2D eigenvalue weighted by Crippen LogP contribution is -2.15. The zero-order chi connectivity index (χ0) is 19.3. The van der Waals surface area contributed by atoms with E-state index in [-0.39, 0.29) is 5.91 Å². The fourth-order valence-corrected chi connectivity index (χ4v) is 3.42. The van der Waals surface area contributed by atoms with E-state index in [1.54, 1.807) is 18.2 Å². The summed E-state index contributed by atoms with van der Waals surface area (Å²) < 4.78 is 5.81. The van der Waals surface area contributed by atoms with Crippen molar-refractivity contribution in [2.75, 3.05) is 5.32 Å². The molecule has 28 heavy (non-hydrogen) atoms. The van der Waals surface area contributed by atoms with Gasteiger partial charge in [0.15, 0.2) is 5.69 Å². The first-order valence-corrected chi connectivity index (χ1v) is 9.32. The van der Waals surface area contributed by atoms with Crippen LogP contribution < -0.4 is 10.1 Å². The van der Waals surface area contributed by atoms with Gasteiger partial charge in [-0.2, -0.15) is 10.4 Å². The predicted molar refractivity (Wildman–Crippen MR) is 105 cm³/mol. The van der Waals surface area contributed by atoms with Crippen LogP contribution in [0.4, 0.5) is 5.69 Å².